The Hall–Kier alpha value is -2.67. The molecule has 2 fully saturated rings. The summed E-state index contributed by atoms with van der Waals surface area (Å²) in [6, 6.07) is 0.785. The van der Waals surface area contributed by atoms with Crippen LogP contribution in [0.3, 0.4) is 0 Å². The number of nitrogens with one attached hydrogen (secondary N) is 4. The SMILES string of the molecule is Cn1nc(C(F)(F)F)cc1NC(=S)N[C@H]1CCc2sc(NC(=O)C3CC3)c(C(=O)NCC3CC3)c2C1. The van der Waals surface area contributed by atoms with Crippen LogP contribution in [-0.2, 0) is 30.9 Å². The lowest BCUT2D eigenvalue weighted by atomic mass is 9.91. The molecular formula is C23H27F3N6O2S2. The first kappa shape index (κ1) is 25.0. The van der Waals surface area contributed by atoms with Crippen molar-refractivity contribution < 1.29 is 22.8 Å². The van der Waals surface area contributed by atoms with Crippen molar-refractivity contribution in [2.75, 3.05) is 17.2 Å². The van der Waals surface area contributed by atoms with Gasteiger partial charge in [-0.2, -0.15) is 18.3 Å². The Morgan fingerprint density at radius 2 is 1.94 bits per heavy atom. The molecule has 194 valence electrons. The van der Waals surface area contributed by atoms with Gasteiger partial charge in [-0.3, -0.25) is 14.3 Å². The molecule has 3 aliphatic carbocycles. The zero-order valence-electron chi connectivity index (χ0n) is 19.6. The van der Waals surface area contributed by atoms with E-state index in [0.717, 1.165) is 53.3 Å². The van der Waals surface area contributed by atoms with Gasteiger partial charge in [-0.1, -0.05) is 0 Å². The molecule has 2 amide bonds. The second-order valence-corrected chi connectivity index (χ2v) is 11.2. The molecule has 2 aromatic rings. The highest BCUT2D eigenvalue weighted by Crippen LogP contribution is 2.40. The maximum Gasteiger partial charge on any atom is 0.435 e. The van der Waals surface area contributed by atoms with Crippen LogP contribution in [0.25, 0.3) is 0 Å². The topological polar surface area (TPSA) is 100 Å². The Morgan fingerprint density at radius 1 is 1.19 bits per heavy atom. The third-order valence-corrected chi connectivity index (χ3v) is 8.10. The molecule has 0 radical (unpaired) electrons. The van der Waals surface area contributed by atoms with E-state index in [4.69, 9.17) is 12.2 Å². The highest BCUT2D eigenvalue weighted by Gasteiger charge is 2.36. The van der Waals surface area contributed by atoms with Crippen molar-refractivity contribution in [3.63, 3.8) is 0 Å². The number of carbonyl (C=O) groups is 2. The molecule has 3 aliphatic rings. The molecule has 2 aromatic heterocycles. The average molecular weight is 541 g/mol. The van der Waals surface area contributed by atoms with Gasteiger partial charge in [0, 0.05) is 36.5 Å². The van der Waals surface area contributed by atoms with E-state index in [1.165, 1.54) is 18.4 Å². The van der Waals surface area contributed by atoms with Gasteiger partial charge in [0.25, 0.3) is 5.91 Å². The molecular weight excluding hydrogens is 513 g/mol. The van der Waals surface area contributed by atoms with Gasteiger partial charge in [-0.15, -0.1) is 11.3 Å². The van der Waals surface area contributed by atoms with E-state index in [1.54, 1.807) is 0 Å². The average Bonchev–Trinajstić information content (AvgIpc) is 3.72. The molecule has 36 heavy (non-hydrogen) atoms. The molecule has 1 atom stereocenters. The van der Waals surface area contributed by atoms with Crippen LogP contribution >= 0.6 is 23.6 Å². The standard InChI is InChI=1S/C23H27F3N6O2S2/c1-32-17(9-16(31-32)23(24,25)26)29-22(35)28-13-6-7-15-14(8-13)18(20(34)27-10-11-2-3-11)21(36-15)30-19(33)12-4-5-12/h9,11-13H,2-8,10H2,1H3,(H,27,34)(H,30,33)(H2,28,29,35)/t13-/m0/s1. The summed E-state index contributed by atoms with van der Waals surface area (Å²) in [4.78, 5) is 26.7. The molecule has 2 heterocycles. The first-order valence-electron chi connectivity index (χ1n) is 12.0. The monoisotopic (exact) mass is 540 g/mol. The fourth-order valence-electron chi connectivity index (χ4n) is 4.30. The number of thiophene rings is 1. The van der Waals surface area contributed by atoms with Gasteiger partial charge in [0.05, 0.1) is 5.56 Å². The van der Waals surface area contributed by atoms with E-state index in [-0.39, 0.29) is 34.7 Å². The molecule has 0 spiro atoms. The van der Waals surface area contributed by atoms with E-state index in [1.807, 2.05) is 0 Å². The smallest absolute Gasteiger partial charge is 0.359 e. The molecule has 2 saturated carbocycles. The summed E-state index contributed by atoms with van der Waals surface area (Å²) in [5.74, 6) is 0.447. The molecule has 4 N–H and O–H groups in total. The normalized spacial score (nSPS) is 19.4. The Morgan fingerprint density at radius 3 is 2.58 bits per heavy atom. The van der Waals surface area contributed by atoms with Crippen molar-refractivity contribution in [1.82, 2.24) is 20.4 Å². The number of alkyl halides is 3. The van der Waals surface area contributed by atoms with Gasteiger partial charge < -0.3 is 21.3 Å². The zero-order chi connectivity index (χ0) is 25.6. The number of amides is 2. The number of carbonyl (C=O) groups excluding carboxylic acids is 2. The van der Waals surface area contributed by atoms with Gasteiger partial charge in [-0.25, -0.2) is 0 Å². The van der Waals surface area contributed by atoms with E-state index in [2.05, 4.69) is 26.4 Å². The van der Waals surface area contributed by atoms with Crippen LogP contribution in [0.4, 0.5) is 24.0 Å². The van der Waals surface area contributed by atoms with Crippen molar-refractivity contribution in [2.24, 2.45) is 18.9 Å². The predicted molar refractivity (Wildman–Crippen MR) is 134 cm³/mol. The third-order valence-electron chi connectivity index (χ3n) is 6.67. The van der Waals surface area contributed by atoms with E-state index < -0.39 is 11.9 Å². The van der Waals surface area contributed by atoms with E-state index >= 15 is 0 Å². The third kappa shape index (κ3) is 5.66. The Bertz CT molecular complexity index is 1200. The number of aromatic nitrogens is 2. The summed E-state index contributed by atoms with van der Waals surface area (Å²) >= 11 is 6.82. The molecule has 0 aliphatic heterocycles. The summed E-state index contributed by atoms with van der Waals surface area (Å²) in [7, 11) is 1.41. The second kappa shape index (κ2) is 9.66. The molecule has 5 rings (SSSR count). The summed E-state index contributed by atoms with van der Waals surface area (Å²) in [5, 5.41) is 16.2. The van der Waals surface area contributed by atoms with Crippen molar-refractivity contribution in [2.45, 2.75) is 57.2 Å². The number of anilines is 2. The van der Waals surface area contributed by atoms with Crippen LogP contribution in [0.15, 0.2) is 6.07 Å². The van der Waals surface area contributed by atoms with Gasteiger partial charge in [0.15, 0.2) is 10.8 Å². The van der Waals surface area contributed by atoms with E-state index in [0.29, 0.717) is 35.9 Å². The lowest BCUT2D eigenvalue weighted by Gasteiger charge is -2.25. The molecule has 0 bridgehead atoms. The largest absolute Gasteiger partial charge is 0.435 e. The highest BCUT2D eigenvalue weighted by molar-refractivity contribution is 7.80. The first-order valence-corrected chi connectivity index (χ1v) is 13.2. The van der Waals surface area contributed by atoms with Crippen molar-refractivity contribution in [3.8, 4) is 0 Å². The van der Waals surface area contributed by atoms with Gasteiger partial charge in [0.2, 0.25) is 5.91 Å². The zero-order valence-corrected chi connectivity index (χ0v) is 21.3. The molecule has 8 nitrogen and oxygen atoms in total. The van der Waals surface area contributed by atoms with Crippen molar-refractivity contribution >= 4 is 51.3 Å². The lowest BCUT2D eigenvalue weighted by Crippen LogP contribution is -2.41. The number of rotatable bonds is 7. The van der Waals surface area contributed by atoms with Crippen LogP contribution in [0, 0.1) is 11.8 Å². The maximum absolute atomic E-state index is 13.2. The number of nitrogens with zero attached hydrogens (tertiary/aromatic N) is 2. The van der Waals surface area contributed by atoms with Gasteiger partial charge in [-0.05, 0) is 68.6 Å². The minimum atomic E-state index is -4.55. The number of hydrogen-bond acceptors (Lipinski definition) is 5. The number of hydrogen-bond donors (Lipinski definition) is 4. The molecule has 0 unspecified atom stereocenters. The van der Waals surface area contributed by atoms with Gasteiger partial charge >= 0.3 is 6.18 Å². The van der Waals surface area contributed by atoms with Gasteiger partial charge in [0.1, 0.15) is 10.8 Å². The minimum absolute atomic E-state index is 0.0224. The van der Waals surface area contributed by atoms with Crippen LogP contribution in [0.5, 0.6) is 0 Å². The quantitative estimate of drug-likeness (QED) is 0.399. The fraction of sp³-hybridized carbons (Fsp3) is 0.565. The van der Waals surface area contributed by atoms with Crippen LogP contribution < -0.4 is 21.3 Å². The minimum Gasteiger partial charge on any atom is -0.359 e. The predicted octanol–water partition coefficient (Wildman–Crippen LogP) is 3.83. The Kier molecular flexibility index (Phi) is 6.70. The highest BCUT2D eigenvalue weighted by atomic mass is 32.1. The van der Waals surface area contributed by atoms with Crippen molar-refractivity contribution in [3.05, 3.63) is 27.8 Å². The fourth-order valence-corrected chi connectivity index (χ4v) is 5.82. The Balaban J connectivity index is 1.29. The van der Waals surface area contributed by atoms with Crippen molar-refractivity contribution in [1.29, 1.82) is 0 Å². The number of thiocarbonyl (C=S) groups is 1. The van der Waals surface area contributed by atoms with Crippen LogP contribution in [0.2, 0.25) is 0 Å². The van der Waals surface area contributed by atoms with Crippen LogP contribution in [-0.4, -0.2) is 39.3 Å². The number of halogens is 3. The molecule has 13 heteroatoms. The number of aryl methyl sites for hydroxylation is 2. The molecule has 0 saturated heterocycles. The maximum atomic E-state index is 13.2. The summed E-state index contributed by atoms with van der Waals surface area (Å²) in [6.07, 6.45) is 1.37. The summed E-state index contributed by atoms with van der Waals surface area (Å²) in [6.45, 7) is 0.625. The van der Waals surface area contributed by atoms with Crippen LogP contribution in [0.1, 0.15) is 58.6 Å². The Labute approximate surface area is 215 Å². The summed E-state index contributed by atoms with van der Waals surface area (Å²) < 4.78 is 40.0. The number of fused-ring (bicyclic) bond motifs is 1. The first-order chi connectivity index (χ1) is 17.1. The second-order valence-electron chi connectivity index (χ2n) is 9.70. The van der Waals surface area contributed by atoms with E-state index in [9.17, 15) is 22.8 Å². The molecule has 0 aromatic carbocycles. The summed E-state index contributed by atoms with van der Waals surface area (Å²) in [5.41, 5.74) is 0.417. The lowest BCUT2D eigenvalue weighted by molar-refractivity contribution is -0.141.